The highest BCUT2D eigenvalue weighted by atomic mass is 19.4. The van der Waals surface area contributed by atoms with E-state index < -0.39 is 12.1 Å². The molecule has 1 aromatic carbocycles. The van der Waals surface area contributed by atoms with Crippen molar-refractivity contribution in [3.05, 3.63) is 30.6 Å². The summed E-state index contributed by atoms with van der Waals surface area (Å²) >= 11 is 0. The molecule has 1 aromatic heterocycles. The van der Waals surface area contributed by atoms with Gasteiger partial charge in [-0.2, -0.15) is 5.10 Å². The molecule has 1 N–H and O–H groups in total. The van der Waals surface area contributed by atoms with Crippen LogP contribution in [0.5, 0.6) is 11.5 Å². The van der Waals surface area contributed by atoms with Gasteiger partial charge in [0.05, 0.1) is 12.2 Å². The van der Waals surface area contributed by atoms with Crippen molar-refractivity contribution in [2.24, 2.45) is 0 Å². The number of hydrogen-bond donors (Lipinski definition) is 1. The Morgan fingerprint density at radius 2 is 1.91 bits per heavy atom. The van der Waals surface area contributed by atoms with Crippen molar-refractivity contribution in [1.82, 2.24) is 9.78 Å². The summed E-state index contributed by atoms with van der Waals surface area (Å²) < 4.78 is 43.5. The first-order valence-corrected chi connectivity index (χ1v) is 7.56. The molecule has 0 atom stereocenters. The first-order valence-electron chi connectivity index (χ1n) is 7.56. The number of aromatic nitrogens is 2. The second-order valence-corrected chi connectivity index (χ2v) is 5.73. The Kier molecular flexibility index (Phi) is 4.19. The summed E-state index contributed by atoms with van der Waals surface area (Å²) in [6, 6.07) is 3.98. The predicted molar refractivity (Wildman–Crippen MR) is 78.1 cm³/mol. The lowest BCUT2D eigenvalue weighted by atomic mass is 9.96. The van der Waals surface area contributed by atoms with E-state index in [0.717, 1.165) is 31.7 Å². The first kappa shape index (κ1) is 15.7. The highest BCUT2D eigenvalue weighted by molar-refractivity contribution is 5.70. The van der Waals surface area contributed by atoms with Crippen LogP contribution in [0.1, 0.15) is 38.1 Å². The number of ether oxygens (including phenoxy) is 1. The van der Waals surface area contributed by atoms with Gasteiger partial charge in [-0.1, -0.05) is 19.3 Å². The largest absolute Gasteiger partial charge is 0.573 e. The molecule has 0 aliphatic heterocycles. The molecule has 0 spiro atoms. The maximum Gasteiger partial charge on any atom is 0.573 e. The molecule has 2 aromatic rings. The summed E-state index contributed by atoms with van der Waals surface area (Å²) in [6.45, 7) is 0. The van der Waals surface area contributed by atoms with Gasteiger partial charge < -0.3 is 9.84 Å². The molecule has 1 heterocycles. The lowest BCUT2D eigenvalue weighted by Crippen LogP contribution is -2.17. The van der Waals surface area contributed by atoms with Gasteiger partial charge in [-0.05, 0) is 25.0 Å². The Hall–Kier alpha value is -2.18. The molecule has 1 aliphatic carbocycles. The van der Waals surface area contributed by atoms with Crippen LogP contribution in [-0.2, 0) is 0 Å². The Morgan fingerprint density at radius 1 is 1.17 bits per heavy atom. The summed E-state index contributed by atoms with van der Waals surface area (Å²) in [5, 5.41) is 13.7. The summed E-state index contributed by atoms with van der Waals surface area (Å²) in [5.74, 6) is -0.714. The molecule has 1 saturated carbocycles. The number of aromatic hydroxyl groups is 1. The minimum absolute atomic E-state index is 0.252. The number of rotatable bonds is 3. The monoisotopic (exact) mass is 326 g/mol. The van der Waals surface area contributed by atoms with Crippen molar-refractivity contribution >= 4 is 0 Å². The predicted octanol–water partition coefficient (Wildman–Crippen LogP) is 4.66. The molecular formula is C16H17F3N2O2. The fraction of sp³-hybridized carbons (Fsp3) is 0.438. The molecule has 7 heteroatoms. The van der Waals surface area contributed by atoms with Gasteiger partial charge >= 0.3 is 6.36 Å². The van der Waals surface area contributed by atoms with Crippen LogP contribution in [0.15, 0.2) is 30.6 Å². The van der Waals surface area contributed by atoms with Crippen LogP contribution in [0, 0.1) is 0 Å². The second-order valence-electron chi connectivity index (χ2n) is 5.73. The fourth-order valence-corrected chi connectivity index (χ4v) is 2.98. The quantitative estimate of drug-likeness (QED) is 0.892. The molecule has 0 saturated heterocycles. The number of benzene rings is 1. The highest BCUT2D eigenvalue weighted by Crippen LogP contribution is 2.37. The van der Waals surface area contributed by atoms with Crippen LogP contribution >= 0.6 is 0 Å². The summed E-state index contributed by atoms with van der Waals surface area (Å²) in [4.78, 5) is 0. The topological polar surface area (TPSA) is 47.3 Å². The minimum Gasteiger partial charge on any atom is -0.508 e. The van der Waals surface area contributed by atoms with Crippen LogP contribution in [0.4, 0.5) is 13.2 Å². The molecule has 1 aliphatic rings. The van der Waals surface area contributed by atoms with E-state index >= 15 is 0 Å². The van der Waals surface area contributed by atoms with E-state index in [-0.39, 0.29) is 11.3 Å². The lowest BCUT2D eigenvalue weighted by molar-refractivity contribution is -0.274. The van der Waals surface area contributed by atoms with Crippen LogP contribution < -0.4 is 4.74 Å². The van der Waals surface area contributed by atoms with Crippen molar-refractivity contribution in [1.29, 1.82) is 0 Å². The van der Waals surface area contributed by atoms with Gasteiger partial charge in [-0.15, -0.1) is 13.2 Å². The number of phenolic OH excluding ortho intramolecular Hbond substituents is 1. The summed E-state index contributed by atoms with van der Waals surface area (Å²) in [5.41, 5.74) is 0.789. The highest BCUT2D eigenvalue weighted by Gasteiger charge is 2.32. The second kappa shape index (κ2) is 6.14. The summed E-state index contributed by atoms with van der Waals surface area (Å²) in [7, 11) is 0. The number of halogens is 3. The van der Waals surface area contributed by atoms with E-state index in [1.54, 1.807) is 6.20 Å². The molecule has 124 valence electrons. The SMILES string of the molecule is Oc1ccc(-c2cnn(C3CCCCC3)c2)c(OC(F)(F)F)c1. The molecule has 3 rings (SSSR count). The average molecular weight is 326 g/mol. The lowest BCUT2D eigenvalue weighted by Gasteiger charge is -2.21. The normalized spacial score (nSPS) is 16.5. The Labute approximate surface area is 131 Å². The summed E-state index contributed by atoms with van der Waals surface area (Å²) in [6.07, 6.45) is 4.01. The van der Waals surface area contributed by atoms with E-state index in [9.17, 15) is 18.3 Å². The molecular weight excluding hydrogens is 309 g/mol. The van der Waals surface area contributed by atoms with Crippen molar-refractivity contribution in [3.8, 4) is 22.6 Å². The minimum atomic E-state index is -4.82. The van der Waals surface area contributed by atoms with Gasteiger partial charge in [0.2, 0.25) is 0 Å². The Balaban J connectivity index is 1.90. The van der Waals surface area contributed by atoms with Crippen molar-refractivity contribution in [2.45, 2.75) is 44.5 Å². The molecule has 0 unspecified atom stereocenters. The third kappa shape index (κ3) is 3.78. The maximum atomic E-state index is 12.5. The third-order valence-corrected chi connectivity index (χ3v) is 4.05. The van der Waals surface area contributed by atoms with Gasteiger partial charge in [0.1, 0.15) is 11.5 Å². The number of nitrogens with zero attached hydrogens (tertiary/aromatic N) is 2. The number of hydrogen-bond acceptors (Lipinski definition) is 3. The van der Waals surface area contributed by atoms with Crippen molar-refractivity contribution < 1.29 is 23.0 Å². The average Bonchev–Trinajstić information content (AvgIpc) is 2.96. The van der Waals surface area contributed by atoms with Gasteiger partial charge in [-0.25, -0.2) is 0 Å². The van der Waals surface area contributed by atoms with Gasteiger partial charge in [0.15, 0.2) is 0 Å². The van der Waals surface area contributed by atoms with Crippen molar-refractivity contribution in [3.63, 3.8) is 0 Å². The molecule has 0 bridgehead atoms. The Bertz CT molecular complexity index is 676. The van der Waals surface area contributed by atoms with E-state index in [1.807, 2.05) is 4.68 Å². The zero-order valence-electron chi connectivity index (χ0n) is 12.4. The molecule has 23 heavy (non-hydrogen) atoms. The number of phenols is 1. The zero-order valence-corrected chi connectivity index (χ0v) is 12.4. The van der Waals surface area contributed by atoms with Crippen molar-refractivity contribution in [2.75, 3.05) is 0 Å². The molecule has 1 fully saturated rings. The van der Waals surface area contributed by atoms with Gasteiger partial charge in [0, 0.05) is 23.4 Å². The zero-order chi connectivity index (χ0) is 16.4. The third-order valence-electron chi connectivity index (χ3n) is 4.05. The molecule has 0 amide bonds. The van der Waals surface area contributed by atoms with Crippen LogP contribution in [0.25, 0.3) is 11.1 Å². The van der Waals surface area contributed by atoms with Crippen LogP contribution in [0.3, 0.4) is 0 Å². The maximum absolute atomic E-state index is 12.5. The van der Waals surface area contributed by atoms with Crippen LogP contribution in [0.2, 0.25) is 0 Å². The Morgan fingerprint density at radius 3 is 2.61 bits per heavy atom. The van der Waals surface area contributed by atoms with E-state index in [1.165, 1.54) is 24.8 Å². The molecule has 0 radical (unpaired) electrons. The standard InChI is InChI=1S/C16H17F3N2O2/c17-16(18,19)23-15-8-13(22)6-7-14(15)11-9-20-21(10-11)12-4-2-1-3-5-12/h6-10,12,22H,1-5H2. The van der Waals surface area contributed by atoms with E-state index in [2.05, 4.69) is 9.84 Å². The number of alkyl halides is 3. The van der Waals surface area contributed by atoms with E-state index in [0.29, 0.717) is 11.6 Å². The fourth-order valence-electron chi connectivity index (χ4n) is 2.98. The first-order chi connectivity index (χ1) is 10.9. The van der Waals surface area contributed by atoms with Gasteiger partial charge in [0.25, 0.3) is 0 Å². The van der Waals surface area contributed by atoms with Gasteiger partial charge in [-0.3, -0.25) is 4.68 Å². The smallest absolute Gasteiger partial charge is 0.508 e. The van der Waals surface area contributed by atoms with E-state index in [4.69, 9.17) is 0 Å². The molecule has 4 nitrogen and oxygen atoms in total. The van der Waals surface area contributed by atoms with Crippen LogP contribution in [-0.4, -0.2) is 21.2 Å².